The van der Waals surface area contributed by atoms with Crippen LogP contribution < -0.4 is 5.32 Å². The van der Waals surface area contributed by atoms with Crippen LogP contribution in [0.3, 0.4) is 0 Å². The maximum atomic E-state index is 5.44. The summed E-state index contributed by atoms with van der Waals surface area (Å²) in [6.45, 7) is 4.69. The van der Waals surface area contributed by atoms with Crippen molar-refractivity contribution in [1.29, 1.82) is 0 Å². The lowest BCUT2D eigenvalue weighted by atomic mass is 10.2. The van der Waals surface area contributed by atoms with Gasteiger partial charge in [0, 0.05) is 13.1 Å². The molecule has 4 nitrogen and oxygen atoms in total. The molecule has 14 heavy (non-hydrogen) atoms. The van der Waals surface area contributed by atoms with Gasteiger partial charge in [0.25, 0.3) is 0 Å². The molecule has 1 aliphatic rings. The van der Waals surface area contributed by atoms with Crippen LogP contribution in [0.2, 0.25) is 0 Å². The van der Waals surface area contributed by atoms with Crippen LogP contribution >= 0.6 is 0 Å². The van der Waals surface area contributed by atoms with E-state index in [0.29, 0.717) is 39.1 Å². The van der Waals surface area contributed by atoms with Gasteiger partial charge in [0.15, 0.2) is 0 Å². The van der Waals surface area contributed by atoms with Crippen molar-refractivity contribution in [3.8, 4) is 12.3 Å². The minimum Gasteiger partial charge on any atom is -0.377 e. The van der Waals surface area contributed by atoms with E-state index in [1.165, 1.54) is 0 Å². The smallest absolute Gasteiger partial charge is 0.107 e. The number of hydrogen-bond donors (Lipinski definition) is 1. The van der Waals surface area contributed by atoms with E-state index >= 15 is 0 Å². The molecule has 80 valence electrons. The van der Waals surface area contributed by atoms with Gasteiger partial charge in [0.2, 0.25) is 0 Å². The molecule has 0 aromatic heterocycles. The molecule has 1 rings (SSSR count). The summed E-state index contributed by atoms with van der Waals surface area (Å²) in [5.41, 5.74) is 0. The second-order valence-corrected chi connectivity index (χ2v) is 3.02. The van der Waals surface area contributed by atoms with Gasteiger partial charge in [-0.1, -0.05) is 5.92 Å². The van der Waals surface area contributed by atoms with E-state index < -0.39 is 0 Å². The molecule has 4 heteroatoms. The third kappa shape index (κ3) is 5.20. The van der Waals surface area contributed by atoms with Crippen molar-refractivity contribution in [3.05, 3.63) is 0 Å². The molecule has 0 atom stereocenters. The summed E-state index contributed by atoms with van der Waals surface area (Å²) in [6.07, 6.45) is 5.39. The first kappa shape index (κ1) is 11.5. The van der Waals surface area contributed by atoms with Gasteiger partial charge in [-0.3, -0.25) is 0 Å². The predicted molar refractivity (Wildman–Crippen MR) is 53.1 cm³/mol. The van der Waals surface area contributed by atoms with Crippen molar-refractivity contribution in [2.75, 3.05) is 46.1 Å². The van der Waals surface area contributed by atoms with E-state index in [9.17, 15) is 0 Å². The molecular weight excluding hydrogens is 182 g/mol. The second-order valence-electron chi connectivity index (χ2n) is 3.02. The molecular formula is C10H17NO3. The second kappa shape index (κ2) is 7.77. The number of ether oxygens (including phenoxy) is 3. The highest BCUT2D eigenvalue weighted by Crippen LogP contribution is 1.96. The molecule has 1 N–H and O–H groups in total. The van der Waals surface area contributed by atoms with Crippen LogP contribution in [0.1, 0.15) is 0 Å². The van der Waals surface area contributed by atoms with Crippen molar-refractivity contribution >= 4 is 0 Å². The maximum absolute atomic E-state index is 5.44. The predicted octanol–water partition coefficient (Wildman–Crippen LogP) is -0.359. The quantitative estimate of drug-likeness (QED) is 0.428. The first-order chi connectivity index (χ1) is 6.93. The standard InChI is InChI=1S/C10H17NO3/c1-2-3-12-4-5-13-6-7-14-10-8-11-9-10/h1,10-11H,3-9H2. The van der Waals surface area contributed by atoms with Gasteiger partial charge in [0.05, 0.1) is 32.5 Å². The van der Waals surface area contributed by atoms with Gasteiger partial charge < -0.3 is 19.5 Å². The van der Waals surface area contributed by atoms with Gasteiger partial charge in [-0.25, -0.2) is 0 Å². The van der Waals surface area contributed by atoms with Crippen LogP contribution in [0, 0.1) is 12.3 Å². The van der Waals surface area contributed by atoms with Crippen LogP contribution in [0.4, 0.5) is 0 Å². The highest BCUT2D eigenvalue weighted by atomic mass is 16.5. The third-order valence-corrected chi connectivity index (χ3v) is 1.88. The Labute approximate surface area is 84.9 Å². The van der Waals surface area contributed by atoms with Crippen molar-refractivity contribution in [2.45, 2.75) is 6.10 Å². The average Bonchev–Trinajstić information content (AvgIpc) is 2.13. The van der Waals surface area contributed by atoms with Gasteiger partial charge in [-0.05, 0) is 0 Å². The summed E-state index contributed by atoms with van der Waals surface area (Å²) in [6, 6.07) is 0. The highest BCUT2D eigenvalue weighted by molar-refractivity contribution is 4.82. The average molecular weight is 199 g/mol. The first-order valence-electron chi connectivity index (χ1n) is 4.84. The Morgan fingerprint density at radius 2 is 1.86 bits per heavy atom. The normalized spacial score (nSPS) is 16.2. The summed E-state index contributed by atoms with van der Waals surface area (Å²) in [4.78, 5) is 0. The Balaban J connectivity index is 1.69. The monoisotopic (exact) mass is 199 g/mol. The number of nitrogens with one attached hydrogen (secondary N) is 1. The highest BCUT2D eigenvalue weighted by Gasteiger charge is 2.15. The van der Waals surface area contributed by atoms with E-state index in [-0.39, 0.29) is 0 Å². The number of terminal acetylenes is 1. The van der Waals surface area contributed by atoms with E-state index in [2.05, 4.69) is 11.2 Å². The Hall–Kier alpha value is -0.600. The van der Waals surface area contributed by atoms with Gasteiger partial charge in [-0.2, -0.15) is 0 Å². The molecule has 1 saturated heterocycles. The summed E-state index contributed by atoms with van der Waals surface area (Å²) >= 11 is 0. The zero-order valence-corrected chi connectivity index (χ0v) is 8.33. The van der Waals surface area contributed by atoms with E-state index in [1.807, 2.05) is 0 Å². The Morgan fingerprint density at radius 1 is 1.14 bits per heavy atom. The lowest BCUT2D eigenvalue weighted by molar-refractivity contribution is -0.0252. The maximum Gasteiger partial charge on any atom is 0.107 e. The lowest BCUT2D eigenvalue weighted by Gasteiger charge is -2.26. The summed E-state index contributed by atoms with van der Waals surface area (Å²) in [5, 5.41) is 3.13. The molecule has 1 fully saturated rings. The zero-order chi connectivity index (χ0) is 10.1. The van der Waals surface area contributed by atoms with E-state index in [1.54, 1.807) is 0 Å². The third-order valence-electron chi connectivity index (χ3n) is 1.88. The fraction of sp³-hybridized carbons (Fsp3) is 0.800. The molecule has 1 aliphatic heterocycles. The fourth-order valence-corrected chi connectivity index (χ4v) is 1.00. The summed E-state index contributed by atoms with van der Waals surface area (Å²) in [7, 11) is 0. The molecule has 1 heterocycles. The van der Waals surface area contributed by atoms with Crippen molar-refractivity contribution in [1.82, 2.24) is 5.32 Å². The molecule has 0 aliphatic carbocycles. The van der Waals surface area contributed by atoms with Crippen LogP contribution in [0.25, 0.3) is 0 Å². The van der Waals surface area contributed by atoms with Gasteiger partial charge in [0.1, 0.15) is 6.61 Å². The molecule has 0 bridgehead atoms. The Kier molecular flexibility index (Phi) is 6.37. The molecule has 0 aromatic rings. The topological polar surface area (TPSA) is 39.7 Å². The first-order valence-corrected chi connectivity index (χ1v) is 4.84. The van der Waals surface area contributed by atoms with Gasteiger partial charge >= 0.3 is 0 Å². The van der Waals surface area contributed by atoms with Crippen molar-refractivity contribution in [2.24, 2.45) is 0 Å². The van der Waals surface area contributed by atoms with Crippen LogP contribution in [-0.4, -0.2) is 52.2 Å². The Bertz CT molecular complexity index is 175. The van der Waals surface area contributed by atoms with Crippen LogP contribution in [-0.2, 0) is 14.2 Å². The molecule has 0 radical (unpaired) electrons. The summed E-state index contributed by atoms with van der Waals surface area (Å²) < 4.78 is 15.7. The Morgan fingerprint density at radius 3 is 2.50 bits per heavy atom. The molecule has 0 saturated carbocycles. The summed E-state index contributed by atoms with van der Waals surface area (Å²) in [5.74, 6) is 2.39. The molecule has 0 spiro atoms. The lowest BCUT2D eigenvalue weighted by Crippen LogP contribution is -2.48. The zero-order valence-electron chi connectivity index (χ0n) is 8.33. The number of rotatable bonds is 8. The SMILES string of the molecule is C#CCOCCOCCOC1CNC1. The minimum absolute atomic E-state index is 0.355. The minimum atomic E-state index is 0.355. The fourth-order valence-electron chi connectivity index (χ4n) is 1.00. The molecule has 0 aromatic carbocycles. The van der Waals surface area contributed by atoms with Crippen LogP contribution in [0.15, 0.2) is 0 Å². The van der Waals surface area contributed by atoms with E-state index in [0.717, 1.165) is 13.1 Å². The van der Waals surface area contributed by atoms with Crippen molar-refractivity contribution in [3.63, 3.8) is 0 Å². The largest absolute Gasteiger partial charge is 0.377 e. The molecule has 0 unspecified atom stereocenters. The molecule has 0 amide bonds. The van der Waals surface area contributed by atoms with Crippen molar-refractivity contribution < 1.29 is 14.2 Å². The van der Waals surface area contributed by atoms with Gasteiger partial charge in [-0.15, -0.1) is 6.42 Å². The number of hydrogen-bond acceptors (Lipinski definition) is 4. The van der Waals surface area contributed by atoms with Crippen LogP contribution in [0.5, 0.6) is 0 Å². The van der Waals surface area contributed by atoms with E-state index in [4.69, 9.17) is 20.6 Å².